The third-order valence-corrected chi connectivity index (χ3v) is 4.31. The number of benzene rings is 2. The van der Waals surface area contributed by atoms with Crippen LogP contribution >= 0.6 is 0 Å². The highest BCUT2D eigenvalue weighted by Crippen LogP contribution is 2.18. The fourth-order valence-corrected chi connectivity index (χ4v) is 2.69. The Morgan fingerprint density at radius 3 is 2.57 bits per heavy atom. The Hall–Kier alpha value is -3.68. The molecule has 1 amide bonds. The number of amides is 1. The Morgan fingerprint density at radius 2 is 1.90 bits per heavy atom. The molecule has 1 heterocycles. The molecule has 8 heteroatoms. The van der Waals surface area contributed by atoms with E-state index in [4.69, 9.17) is 14.0 Å². The van der Waals surface area contributed by atoms with Crippen LogP contribution in [0.2, 0.25) is 0 Å². The third kappa shape index (κ3) is 5.91. The van der Waals surface area contributed by atoms with Crippen molar-refractivity contribution in [1.82, 2.24) is 5.16 Å². The van der Waals surface area contributed by atoms with Crippen molar-refractivity contribution in [2.45, 2.75) is 26.9 Å². The number of aromatic nitrogens is 1. The van der Waals surface area contributed by atoms with E-state index in [0.717, 1.165) is 16.8 Å². The molecule has 0 saturated carbocycles. The summed E-state index contributed by atoms with van der Waals surface area (Å²) in [5.74, 6) is -0.204. The van der Waals surface area contributed by atoms with E-state index >= 15 is 0 Å². The minimum atomic E-state index is -0.547. The first-order valence-corrected chi connectivity index (χ1v) is 9.25. The molecular formula is C22H21FN2O5. The van der Waals surface area contributed by atoms with Crippen LogP contribution in [0, 0.1) is 19.7 Å². The topological polar surface area (TPSA) is 90.7 Å². The molecule has 0 atom stereocenters. The first-order chi connectivity index (χ1) is 14.4. The fourth-order valence-electron chi connectivity index (χ4n) is 2.69. The molecule has 0 aliphatic carbocycles. The Kier molecular flexibility index (Phi) is 6.79. The minimum Gasteiger partial charge on any atom is -0.489 e. The maximum absolute atomic E-state index is 13.1. The number of hydrogen-bond acceptors (Lipinski definition) is 6. The van der Waals surface area contributed by atoms with Crippen LogP contribution in [0.25, 0.3) is 0 Å². The van der Waals surface area contributed by atoms with Crippen molar-refractivity contribution in [2.24, 2.45) is 0 Å². The largest absolute Gasteiger partial charge is 0.489 e. The summed E-state index contributed by atoms with van der Waals surface area (Å²) in [4.78, 5) is 23.8. The van der Waals surface area contributed by atoms with E-state index in [9.17, 15) is 14.0 Å². The van der Waals surface area contributed by atoms with Gasteiger partial charge in [-0.25, -0.2) is 4.39 Å². The number of carbonyl (C=O) groups is 2. The summed E-state index contributed by atoms with van der Waals surface area (Å²) in [6, 6.07) is 12.4. The normalized spacial score (nSPS) is 10.5. The van der Waals surface area contributed by atoms with Crippen LogP contribution in [0.3, 0.4) is 0 Å². The summed E-state index contributed by atoms with van der Waals surface area (Å²) in [5.41, 5.74) is 2.70. The zero-order chi connectivity index (χ0) is 21.5. The number of ether oxygens (including phenoxy) is 2. The second-order valence-corrected chi connectivity index (χ2v) is 6.63. The van der Waals surface area contributed by atoms with Crippen molar-refractivity contribution in [1.29, 1.82) is 0 Å². The Morgan fingerprint density at radius 1 is 1.13 bits per heavy atom. The number of nitrogens with one attached hydrogen (secondary N) is 1. The van der Waals surface area contributed by atoms with Crippen molar-refractivity contribution < 1.29 is 28.0 Å². The summed E-state index contributed by atoms with van der Waals surface area (Å²) in [6.45, 7) is 3.56. The van der Waals surface area contributed by atoms with Gasteiger partial charge in [0.25, 0.3) is 5.91 Å². The average molecular weight is 412 g/mol. The molecule has 3 rings (SSSR count). The Balaban J connectivity index is 1.43. The van der Waals surface area contributed by atoms with Crippen LogP contribution in [-0.2, 0) is 27.4 Å². The molecule has 3 aromatic rings. The molecule has 30 heavy (non-hydrogen) atoms. The predicted octanol–water partition coefficient (Wildman–Crippen LogP) is 3.73. The van der Waals surface area contributed by atoms with Gasteiger partial charge in [0.15, 0.2) is 6.61 Å². The summed E-state index contributed by atoms with van der Waals surface area (Å²) in [7, 11) is 0. The number of aryl methyl sites for hydroxylation is 2. The summed E-state index contributed by atoms with van der Waals surface area (Å²) < 4.78 is 28.9. The van der Waals surface area contributed by atoms with Gasteiger partial charge in [0, 0.05) is 5.69 Å². The van der Waals surface area contributed by atoms with Crippen LogP contribution < -0.4 is 10.1 Å². The lowest BCUT2D eigenvalue weighted by Gasteiger charge is -2.08. The highest BCUT2D eigenvalue weighted by molar-refractivity contribution is 5.92. The highest BCUT2D eigenvalue weighted by atomic mass is 19.1. The second-order valence-electron chi connectivity index (χ2n) is 6.63. The zero-order valence-corrected chi connectivity index (χ0v) is 16.6. The van der Waals surface area contributed by atoms with Crippen LogP contribution in [0.15, 0.2) is 53.1 Å². The molecule has 0 unspecified atom stereocenters. The highest BCUT2D eigenvalue weighted by Gasteiger charge is 2.11. The third-order valence-electron chi connectivity index (χ3n) is 4.31. The SMILES string of the molecule is Cc1noc(C)c1COc1ccc(CC(=O)OCC(=O)Nc2cccc(F)c2)cc1. The monoisotopic (exact) mass is 412 g/mol. The van der Waals surface area contributed by atoms with Gasteiger partial charge < -0.3 is 19.3 Å². The lowest BCUT2D eigenvalue weighted by atomic mass is 10.1. The van der Waals surface area contributed by atoms with E-state index < -0.39 is 24.3 Å². The molecule has 156 valence electrons. The van der Waals surface area contributed by atoms with Crippen LogP contribution in [0.5, 0.6) is 5.75 Å². The van der Waals surface area contributed by atoms with Gasteiger partial charge in [-0.15, -0.1) is 0 Å². The lowest BCUT2D eigenvalue weighted by molar-refractivity contribution is -0.146. The van der Waals surface area contributed by atoms with Crippen molar-refractivity contribution in [3.05, 3.63) is 76.9 Å². The molecule has 2 aromatic carbocycles. The predicted molar refractivity (Wildman–Crippen MR) is 106 cm³/mol. The Labute approximate surface area is 172 Å². The number of hydrogen-bond donors (Lipinski definition) is 1. The molecule has 0 aliphatic rings. The summed E-state index contributed by atoms with van der Waals surface area (Å²) in [5, 5.41) is 6.34. The molecule has 0 fully saturated rings. The van der Waals surface area contributed by atoms with Gasteiger partial charge in [0.1, 0.15) is 23.9 Å². The standard InChI is InChI=1S/C22H21FN2O5/c1-14-20(15(2)30-25-14)12-28-19-8-6-16(7-9-19)10-22(27)29-13-21(26)24-18-5-3-4-17(23)11-18/h3-9,11H,10,12-13H2,1-2H3,(H,24,26). The number of halogens is 1. The molecule has 0 radical (unpaired) electrons. The van der Waals surface area contributed by atoms with Gasteiger partial charge >= 0.3 is 5.97 Å². The van der Waals surface area contributed by atoms with Gasteiger partial charge in [0.2, 0.25) is 0 Å². The molecule has 0 saturated heterocycles. The number of rotatable bonds is 8. The number of carbonyl (C=O) groups excluding carboxylic acids is 2. The van der Waals surface area contributed by atoms with E-state index in [1.807, 2.05) is 13.8 Å². The first-order valence-electron chi connectivity index (χ1n) is 9.25. The number of esters is 1. The maximum atomic E-state index is 13.1. The van der Waals surface area contributed by atoms with Crippen LogP contribution in [0.4, 0.5) is 10.1 Å². The van der Waals surface area contributed by atoms with Gasteiger partial charge in [-0.1, -0.05) is 23.4 Å². The fraction of sp³-hybridized carbons (Fsp3) is 0.227. The Bertz CT molecular complexity index is 1010. The van der Waals surface area contributed by atoms with Gasteiger partial charge in [-0.3, -0.25) is 9.59 Å². The zero-order valence-electron chi connectivity index (χ0n) is 16.6. The summed E-state index contributed by atoms with van der Waals surface area (Å²) in [6.07, 6.45) is 0.0113. The van der Waals surface area contributed by atoms with E-state index in [1.165, 1.54) is 24.3 Å². The lowest BCUT2D eigenvalue weighted by Crippen LogP contribution is -2.21. The number of nitrogens with zero attached hydrogens (tertiary/aromatic N) is 1. The van der Waals surface area contributed by atoms with Crippen molar-refractivity contribution in [3.8, 4) is 5.75 Å². The smallest absolute Gasteiger partial charge is 0.310 e. The number of anilines is 1. The van der Waals surface area contributed by atoms with Gasteiger partial charge in [-0.05, 0) is 49.7 Å². The molecule has 7 nitrogen and oxygen atoms in total. The van der Waals surface area contributed by atoms with E-state index in [1.54, 1.807) is 24.3 Å². The quantitative estimate of drug-likeness (QED) is 0.567. The van der Waals surface area contributed by atoms with Crippen molar-refractivity contribution >= 4 is 17.6 Å². The average Bonchev–Trinajstić information content (AvgIpc) is 3.03. The van der Waals surface area contributed by atoms with Crippen molar-refractivity contribution in [2.75, 3.05) is 11.9 Å². The van der Waals surface area contributed by atoms with Gasteiger partial charge in [0.05, 0.1) is 17.7 Å². The van der Waals surface area contributed by atoms with E-state index in [2.05, 4.69) is 10.5 Å². The van der Waals surface area contributed by atoms with Crippen LogP contribution in [0.1, 0.15) is 22.6 Å². The molecule has 1 N–H and O–H groups in total. The molecule has 0 spiro atoms. The molecule has 0 aliphatic heterocycles. The first kappa shape index (κ1) is 21.0. The summed E-state index contributed by atoms with van der Waals surface area (Å²) >= 11 is 0. The minimum absolute atomic E-state index is 0.0113. The van der Waals surface area contributed by atoms with Crippen LogP contribution in [-0.4, -0.2) is 23.6 Å². The molecule has 1 aromatic heterocycles. The van der Waals surface area contributed by atoms with Gasteiger partial charge in [-0.2, -0.15) is 0 Å². The second kappa shape index (κ2) is 9.69. The molecular weight excluding hydrogens is 391 g/mol. The van der Waals surface area contributed by atoms with E-state index in [-0.39, 0.29) is 6.42 Å². The van der Waals surface area contributed by atoms with Crippen molar-refractivity contribution in [3.63, 3.8) is 0 Å². The maximum Gasteiger partial charge on any atom is 0.310 e. The van der Waals surface area contributed by atoms with E-state index in [0.29, 0.717) is 23.8 Å². The molecule has 0 bridgehead atoms.